The van der Waals surface area contributed by atoms with Crippen molar-refractivity contribution in [1.29, 1.82) is 0 Å². The highest BCUT2D eigenvalue weighted by molar-refractivity contribution is 5.80. The van der Waals surface area contributed by atoms with Gasteiger partial charge in [0.25, 0.3) is 0 Å². The summed E-state index contributed by atoms with van der Waals surface area (Å²) in [6.07, 6.45) is 1.37. The third-order valence-electron chi connectivity index (χ3n) is 4.27. The number of nitrogens with zero attached hydrogens (tertiary/aromatic N) is 2. The zero-order valence-electron chi connectivity index (χ0n) is 14.1. The Bertz CT molecular complexity index is 528. The second kappa shape index (κ2) is 8.10. The first-order valence-corrected chi connectivity index (χ1v) is 8.07. The number of carbonyl (C=O) groups excluding carboxylic acids is 2. The molecule has 0 aromatic carbocycles. The number of piperidine rings is 1. The molecule has 2 heterocycles. The molecule has 1 aliphatic rings. The molecule has 128 valence electrons. The van der Waals surface area contributed by atoms with Gasteiger partial charge < -0.3 is 19.5 Å². The molecule has 0 bridgehead atoms. The molecule has 0 unspecified atom stereocenters. The molecule has 2 amide bonds. The third-order valence-corrected chi connectivity index (χ3v) is 4.27. The number of hydrogen-bond acceptors (Lipinski definition) is 5. The average molecular weight is 323 g/mol. The van der Waals surface area contributed by atoms with E-state index in [1.54, 1.807) is 4.90 Å². The summed E-state index contributed by atoms with van der Waals surface area (Å²) in [5.41, 5.74) is 1.74. The summed E-state index contributed by atoms with van der Waals surface area (Å²) in [6, 6.07) is 0. The molecule has 7 nitrogen and oxygen atoms in total. The summed E-state index contributed by atoms with van der Waals surface area (Å²) in [7, 11) is 0. The number of amides is 2. The van der Waals surface area contributed by atoms with Gasteiger partial charge in [0.2, 0.25) is 11.8 Å². The van der Waals surface area contributed by atoms with Crippen LogP contribution < -0.4 is 5.32 Å². The van der Waals surface area contributed by atoms with Crippen molar-refractivity contribution in [2.24, 2.45) is 5.92 Å². The topological polar surface area (TPSA) is 84.7 Å². The molecule has 0 aliphatic carbocycles. The van der Waals surface area contributed by atoms with Crippen molar-refractivity contribution in [3.05, 3.63) is 17.0 Å². The second-order valence-corrected chi connectivity index (χ2v) is 5.81. The minimum absolute atomic E-state index is 0.00132. The molecule has 0 spiro atoms. The van der Waals surface area contributed by atoms with E-state index in [0.29, 0.717) is 39.1 Å². The van der Waals surface area contributed by atoms with Crippen LogP contribution in [0.1, 0.15) is 36.8 Å². The highest BCUT2D eigenvalue weighted by Gasteiger charge is 2.27. The molecule has 1 aliphatic heterocycles. The summed E-state index contributed by atoms with van der Waals surface area (Å²) < 4.78 is 10.2. The van der Waals surface area contributed by atoms with Gasteiger partial charge >= 0.3 is 0 Å². The molecule has 1 aromatic rings. The Morgan fingerprint density at radius 3 is 2.61 bits per heavy atom. The molecular formula is C16H25N3O4. The quantitative estimate of drug-likeness (QED) is 0.850. The molecule has 1 fully saturated rings. The van der Waals surface area contributed by atoms with E-state index in [1.165, 1.54) is 0 Å². The molecule has 0 saturated carbocycles. The van der Waals surface area contributed by atoms with Gasteiger partial charge in [0.15, 0.2) is 0 Å². The van der Waals surface area contributed by atoms with Crippen LogP contribution in [0, 0.1) is 19.8 Å². The number of aromatic nitrogens is 1. The number of ether oxygens (including phenoxy) is 1. The maximum Gasteiger partial charge on any atom is 0.248 e. The van der Waals surface area contributed by atoms with Crippen LogP contribution in [-0.2, 0) is 20.9 Å². The van der Waals surface area contributed by atoms with Gasteiger partial charge in [0, 0.05) is 37.7 Å². The highest BCUT2D eigenvalue weighted by Crippen LogP contribution is 2.18. The van der Waals surface area contributed by atoms with Crippen molar-refractivity contribution >= 4 is 11.8 Å². The van der Waals surface area contributed by atoms with Crippen LogP contribution in [0.3, 0.4) is 0 Å². The molecule has 23 heavy (non-hydrogen) atoms. The number of nitrogens with one attached hydrogen (secondary N) is 1. The van der Waals surface area contributed by atoms with Gasteiger partial charge in [0.05, 0.1) is 5.69 Å². The fourth-order valence-electron chi connectivity index (χ4n) is 2.75. The number of hydrogen-bond donors (Lipinski definition) is 1. The first-order valence-electron chi connectivity index (χ1n) is 8.07. The summed E-state index contributed by atoms with van der Waals surface area (Å²) in [6.45, 7) is 7.87. The highest BCUT2D eigenvalue weighted by atomic mass is 16.5. The zero-order valence-corrected chi connectivity index (χ0v) is 14.1. The van der Waals surface area contributed by atoms with Gasteiger partial charge in [-0.3, -0.25) is 9.59 Å². The lowest BCUT2D eigenvalue weighted by Gasteiger charge is -2.31. The molecule has 0 atom stereocenters. The van der Waals surface area contributed by atoms with E-state index in [9.17, 15) is 9.59 Å². The van der Waals surface area contributed by atoms with Gasteiger partial charge in [-0.1, -0.05) is 5.16 Å². The van der Waals surface area contributed by atoms with Crippen LogP contribution >= 0.6 is 0 Å². The first kappa shape index (κ1) is 17.5. The van der Waals surface area contributed by atoms with Crippen molar-refractivity contribution in [2.75, 3.05) is 26.3 Å². The molecule has 0 radical (unpaired) electrons. The van der Waals surface area contributed by atoms with Crippen molar-refractivity contribution in [3.63, 3.8) is 0 Å². The summed E-state index contributed by atoms with van der Waals surface area (Å²) in [4.78, 5) is 25.9. The minimum atomic E-state index is -0.0494. The fourth-order valence-corrected chi connectivity index (χ4v) is 2.75. The van der Waals surface area contributed by atoms with E-state index in [2.05, 4.69) is 10.5 Å². The van der Waals surface area contributed by atoms with E-state index < -0.39 is 0 Å². The van der Waals surface area contributed by atoms with Crippen molar-refractivity contribution in [1.82, 2.24) is 15.4 Å². The van der Waals surface area contributed by atoms with Gasteiger partial charge in [0.1, 0.15) is 12.4 Å². The molecule has 1 aromatic heterocycles. The Morgan fingerprint density at radius 1 is 1.35 bits per heavy atom. The van der Waals surface area contributed by atoms with Crippen LogP contribution in [0.25, 0.3) is 0 Å². The molecule has 2 rings (SSSR count). The van der Waals surface area contributed by atoms with E-state index >= 15 is 0 Å². The molecular weight excluding hydrogens is 298 g/mol. The monoisotopic (exact) mass is 323 g/mol. The number of likely N-dealkylation sites (tertiary alicyclic amines) is 1. The smallest absolute Gasteiger partial charge is 0.248 e. The summed E-state index contributed by atoms with van der Waals surface area (Å²) in [5.74, 6) is 0.717. The first-order chi connectivity index (χ1) is 11.0. The SMILES string of the molecule is CCOCC(=O)N1CCC(C(=O)NCc2c(C)noc2C)CC1. The number of rotatable bonds is 6. The summed E-state index contributed by atoms with van der Waals surface area (Å²) >= 11 is 0. The third kappa shape index (κ3) is 4.54. The Hall–Kier alpha value is -1.89. The minimum Gasteiger partial charge on any atom is -0.372 e. The van der Waals surface area contributed by atoms with E-state index in [-0.39, 0.29) is 24.3 Å². The van der Waals surface area contributed by atoms with Crippen LogP contribution in [0.4, 0.5) is 0 Å². The summed E-state index contributed by atoms with van der Waals surface area (Å²) in [5, 5.41) is 6.83. The largest absolute Gasteiger partial charge is 0.372 e. The maximum absolute atomic E-state index is 12.3. The zero-order chi connectivity index (χ0) is 16.8. The van der Waals surface area contributed by atoms with E-state index in [4.69, 9.17) is 9.26 Å². The lowest BCUT2D eigenvalue weighted by atomic mass is 9.95. The van der Waals surface area contributed by atoms with Crippen LogP contribution in [0.5, 0.6) is 0 Å². The Labute approximate surface area is 136 Å². The maximum atomic E-state index is 12.3. The Kier molecular flexibility index (Phi) is 6.15. The standard InChI is InChI=1S/C16H25N3O4/c1-4-22-10-15(20)19-7-5-13(6-8-19)16(21)17-9-14-11(2)18-23-12(14)3/h13H,4-10H2,1-3H3,(H,17,21). The molecule has 1 N–H and O–H groups in total. The average Bonchev–Trinajstić information content (AvgIpc) is 2.89. The molecule has 7 heteroatoms. The van der Waals surface area contributed by atoms with E-state index in [0.717, 1.165) is 17.0 Å². The van der Waals surface area contributed by atoms with Gasteiger partial charge in [-0.25, -0.2) is 0 Å². The van der Waals surface area contributed by atoms with E-state index in [1.807, 2.05) is 20.8 Å². The Balaban J connectivity index is 1.76. The van der Waals surface area contributed by atoms with Crippen LogP contribution in [0.2, 0.25) is 0 Å². The van der Waals surface area contributed by atoms with Crippen LogP contribution in [-0.4, -0.2) is 48.2 Å². The van der Waals surface area contributed by atoms with Gasteiger partial charge in [-0.05, 0) is 33.6 Å². The number of carbonyl (C=O) groups is 2. The predicted octanol–water partition coefficient (Wildman–Crippen LogP) is 1.18. The lowest BCUT2D eigenvalue weighted by molar-refractivity contribution is -0.139. The Morgan fingerprint density at radius 2 is 2.04 bits per heavy atom. The number of aryl methyl sites for hydroxylation is 2. The van der Waals surface area contributed by atoms with Gasteiger partial charge in [-0.2, -0.15) is 0 Å². The van der Waals surface area contributed by atoms with Crippen molar-refractivity contribution < 1.29 is 18.8 Å². The lowest BCUT2D eigenvalue weighted by Crippen LogP contribution is -2.44. The van der Waals surface area contributed by atoms with Crippen molar-refractivity contribution in [3.8, 4) is 0 Å². The van der Waals surface area contributed by atoms with Crippen LogP contribution in [0.15, 0.2) is 4.52 Å². The van der Waals surface area contributed by atoms with Crippen molar-refractivity contribution in [2.45, 2.75) is 40.2 Å². The second-order valence-electron chi connectivity index (χ2n) is 5.81. The molecule has 1 saturated heterocycles. The predicted molar refractivity (Wildman–Crippen MR) is 83.6 cm³/mol. The fraction of sp³-hybridized carbons (Fsp3) is 0.688. The van der Waals surface area contributed by atoms with Gasteiger partial charge in [-0.15, -0.1) is 0 Å². The normalized spacial score (nSPS) is 15.7.